The van der Waals surface area contributed by atoms with Crippen molar-refractivity contribution >= 4 is 17.5 Å². The zero-order valence-corrected chi connectivity index (χ0v) is 10.2. The number of aromatic nitrogens is 1. The first-order valence-electron chi connectivity index (χ1n) is 6.08. The topological polar surface area (TPSA) is 91.5 Å². The van der Waals surface area contributed by atoms with E-state index in [0.29, 0.717) is 18.2 Å². The average molecular weight is 250 g/mol. The summed E-state index contributed by atoms with van der Waals surface area (Å²) in [5.74, 6) is 0.417. The molecule has 2 rings (SSSR count). The average Bonchev–Trinajstić information content (AvgIpc) is 2.38. The molecule has 6 heteroatoms. The van der Waals surface area contributed by atoms with Gasteiger partial charge in [0.05, 0.1) is 17.6 Å². The molecule has 98 valence electrons. The maximum Gasteiger partial charge on any atom is 0.404 e. The van der Waals surface area contributed by atoms with Crippen LogP contribution in [0.1, 0.15) is 12.8 Å². The minimum Gasteiger partial charge on any atom is -0.465 e. The number of nitrogen functional groups attached to an aromatic ring is 1. The van der Waals surface area contributed by atoms with E-state index < -0.39 is 6.09 Å². The fraction of sp³-hybridized carbons (Fsp3) is 0.500. The summed E-state index contributed by atoms with van der Waals surface area (Å²) in [4.78, 5) is 16.6. The van der Waals surface area contributed by atoms with Gasteiger partial charge in [-0.3, -0.25) is 4.98 Å². The first-order chi connectivity index (χ1) is 8.66. The SMILES string of the molecule is Nc1cnccc1N1CCC(CNC(=O)O)CC1. The number of hydrogen-bond acceptors (Lipinski definition) is 4. The zero-order valence-electron chi connectivity index (χ0n) is 10.2. The summed E-state index contributed by atoms with van der Waals surface area (Å²) in [6.45, 7) is 2.34. The lowest BCUT2D eigenvalue weighted by molar-refractivity contribution is 0.191. The fourth-order valence-electron chi connectivity index (χ4n) is 2.30. The van der Waals surface area contributed by atoms with Crippen LogP contribution in [0.2, 0.25) is 0 Å². The third kappa shape index (κ3) is 3.03. The van der Waals surface area contributed by atoms with E-state index in [-0.39, 0.29) is 0 Å². The van der Waals surface area contributed by atoms with E-state index in [4.69, 9.17) is 10.8 Å². The number of carbonyl (C=O) groups is 1. The van der Waals surface area contributed by atoms with Crippen molar-refractivity contribution in [1.29, 1.82) is 0 Å². The molecule has 1 fully saturated rings. The van der Waals surface area contributed by atoms with Crippen LogP contribution in [-0.2, 0) is 0 Å². The summed E-state index contributed by atoms with van der Waals surface area (Å²) in [7, 11) is 0. The lowest BCUT2D eigenvalue weighted by atomic mass is 9.96. The molecule has 1 amide bonds. The number of piperidine rings is 1. The second-order valence-corrected chi connectivity index (χ2v) is 4.55. The molecule has 1 saturated heterocycles. The van der Waals surface area contributed by atoms with E-state index in [1.165, 1.54) is 0 Å². The summed E-state index contributed by atoms with van der Waals surface area (Å²) in [5.41, 5.74) is 7.61. The molecule has 4 N–H and O–H groups in total. The van der Waals surface area contributed by atoms with Crippen LogP contribution in [-0.4, -0.2) is 35.8 Å². The van der Waals surface area contributed by atoms with Crippen LogP contribution in [0.15, 0.2) is 18.5 Å². The number of nitrogens with one attached hydrogen (secondary N) is 1. The van der Waals surface area contributed by atoms with Crippen molar-refractivity contribution in [2.45, 2.75) is 12.8 Å². The number of hydrogen-bond donors (Lipinski definition) is 3. The van der Waals surface area contributed by atoms with Crippen LogP contribution < -0.4 is 16.0 Å². The summed E-state index contributed by atoms with van der Waals surface area (Å²) in [6.07, 6.45) is 4.40. The number of pyridine rings is 1. The summed E-state index contributed by atoms with van der Waals surface area (Å²) in [6, 6.07) is 1.92. The second kappa shape index (κ2) is 5.57. The van der Waals surface area contributed by atoms with Crippen LogP contribution in [0.25, 0.3) is 0 Å². The van der Waals surface area contributed by atoms with Gasteiger partial charge < -0.3 is 21.1 Å². The van der Waals surface area contributed by atoms with Crippen molar-refractivity contribution in [2.75, 3.05) is 30.3 Å². The van der Waals surface area contributed by atoms with Gasteiger partial charge in [-0.05, 0) is 24.8 Å². The van der Waals surface area contributed by atoms with Gasteiger partial charge in [0.1, 0.15) is 0 Å². The quantitative estimate of drug-likeness (QED) is 0.748. The molecular formula is C12H18N4O2. The molecule has 1 aromatic rings. The molecule has 2 heterocycles. The number of nitrogens with two attached hydrogens (primary N) is 1. The first-order valence-corrected chi connectivity index (χ1v) is 6.08. The maximum absolute atomic E-state index is 10.4. The van der Waals surface area contributed by atoms with Gasteiger partial charge in [-0.15, -0.1) is 0 Å². The molecule has 0 aromatic carbocycles. The van der Waals surface area contributed by atoms with Crippen LogP contribution in [0.5, 0.6) is 0 Å². The van der Waals surface area contributed by atoms with Gasteiger partial charge in [-0.1, -0.05) is 0 Å². The van der Waals surface area contributed by atoms with E-state index in [9.17, 15) is 4.79 Å². The monoisotopic (exact) mass is 250 g/mol. The minimum absolute atomic E-state index is 0.417. The van der Waals surface area contributed by atoms with E-state index >= 15 is 0 Å². The Morgan fingerprint density at radius 3 is 2.89 bits per heavy atom. The van der Waals surface area contributed by atoms with Crippen LogP contribution in [0, 0.1) is 5.92 Å². The molecule has 1 aliphatic rings. The normalized spacial score (nSPS) is 16.6. The van der Waals surface area contributed by atoms with Crippen LogP contribution >= 0.6 is 0 Å². The molecule has 0 spiro atoms. The highest BCUT2D eigenvalue weighted by atomic mass is 16.4. The Balaban J connectivity index is 1.87. The molecule has 0 saturated carbocycles. The molecule has 0 aliphatic carbocycles. The number of nitrogens with zero attached hydrogens (tertiary/aromatic N) is 2. The Morgan fingerprint density at radius 2 is 2.28 bits per heavy atom. The van der Waals surface area contributed by atoms with Gasteiger partial charge in [-0.25, -0.2) is 4.79 Å². The van der Waals surface area contributed by atoms with Crippen LogP contribution in [0.4, 0.5) is 16.2 Å². The lowest BCUT2D eigenvalue weighted by Crippen LogP contribution is -2.38. The molecule has 1 aromatic heterocycles. The van der Waals surface area contributed by atoms with Gasteiger partial charge >= 0.3 is 6.09 Å². The van der Waals surface area contributed by atoms with Crippen molar-refractivity contribution in [3.8, 4) is 0 Å². The lowest BCUT2D eigenvalue weighted by Gasteiger charge is -2.34. The van der Waals surface area contributed by atoms with Crippen molar-refractivity contribution in [3.05, 3.63) is 18.5 Å². The third-order valence-corrected chi connectivity index (χ3v) is 3.33. The Bertz CT molecular complexity index is 416. The van der Waals surface area contributed by atoms with Gasteiger partial charge in [0.25, 0.3) is 0 Å². The van der Waals surface area contributed by atoms with E-state index in [1.807, 2.05) is 6.07 Å². The molecule has 0 bridgehead atoms. The highest BCUT2D eigenvalue weighted by Gasteiger charge is 2.20. The highest BCUT2D eigenvalue weighted by molar-refractivity contribution is 5.66. The predicted octanol–water partition coefficient (Wildman–Crippen LogP) is 1.15. The molecule has 1 aliphatic heterocycles. The first kappa shape index (κ1) is 12.5. The van der Waals surface area contributed by atoms with Crippen molar-refractivity contribution in [2.24, 2.45) is 5.92 Å². The molecule has 18 heavy (non-hydrogen) atoms. The van der Waals surface area contributed by atoms with Crippen molar-refractivity contribution < 1.29 is 9.90 Å². The zero-order chi connectivity index (χ0) is 13.0. The third-order valence-electron chi connectivity index (χ3n) is 3.33. The van der Waals surface area contributed by atoms with E-state index in [0.717, 1.165) is 31.6 Å². The summed E-state index contributed by atoms with van der Waals surface area (Å²) in [5, 5.41) is 11.0. The van der Waals surface area contributed by atoms with Gasteiger partial charge in [0.15, 0.2) is 0 Å². The Labute approximate surface area is 106 Å². The highest BCUT2D eigenvalue weighted by Crippen LogP contribution is 2.26. The Kier molecular flexibility index (Phi) is 3.86. The predicted molar refractivity (Wildman–Crippen MR) is 69.6 cm³/mol. The summed E-state index contributed by atoms with van der Waals surface area (Å²) < 4.78 is 0. The molecule has 6 nitrogen and oxygen atoms in total. The van der Waals surface area contributed by atoms with Crippen molar-refractivity contribution in [3.63, 3.8) is 0 Å². The van der Waals surface area contributed by atoms with Crippen molar-refractivity contribution in [1.82, 2.24) is 10.3 Å². The summed E-state index contributed by atoms with van der Waals surface area (Å²) >= 11 is 0. The van der Waals surface area contributed by atoms with E-state index in [1.54, 1.807) is 12.4 Å². The molecule has 0 radical (unpaired) electrons. The minimum atomic E-state index is -0.948. The number of amides is 1. The molecular weight excluding hydrogens is 232 g/mol. The largest absolute Gasteiger partial charge is 0.465 e. The number of carboxylic acid groups (broad SMARTS) is 1. The fourth-order valence-corrected chi connectivity index (χ4v) is 2.30. The Hall–Kier alpha value is -1.98. The second-order valence-electron chi connectivity index (χ2n) is 4.55. The van der Waals surface area contributed by atoms with Gasteiger partial charge in [0, 0.05) is 25.8 Å². The molecule has 0 unspecified atom stereocenters. The number of anilines is 2. The van der Waals surface area contributed by atoms with Gasteiger partial charge in [-0.2, -0.15) is 0 Å². The molecule has 0 atom stereocenters. The van der Waals surface area contributed by atoms with E-state index in [2.05, 4.69) is 15.2 Å². The number of rotatable bonds is 3. The standard InChI is InChI=1S/C12H18N4O2/c13-10-8-14-4-1-11(10)16-5-2-9(3-6-16)7-15-12(17)18/h1,4,8-9,15H,2-3,5-7,13H2,(H,17,18). The Morgan fingerprint density at radius 1 is 1.56 bits per heavy atom. The van der Waals surface area contributed by atoms with Gasteiger partial charge in [0.2, 0.25) is 0 Å². The smallest absolute Gasteiger partial charge is 0.404 e. The van der Waals surface area contributed by atoms with Crippen LogP contribution in [0.3, 0.4) is 0 Å². The maximum atomic E-state index is 10.4.